The molecule has 3 aliphatic rings. The van der Waals surface area contributed by atoms with E-state index >= 15 is 0 Å². The van der Waals surface area contributed by atoms with Crippen LogP contribution in [0.4, 0.5) is 0 Å². The summed E-state index contributed by atoms with van der Waals surface area (Å²) in [5.74, 6) is 0.802. The summed E-state index contributed by atoms with van der Waals surface area (Å²) >= 11 is 0. The number of piperidine rings is 2. The van der Waals surface area contributed by atoms with E-state index in [4.69, 9.17) is 0 Å². The molecule has 110 valence electrons. The molecule has 3 aliphatic heterocycles. The predicted molar refractivity (Wildman–Crippen MR) is 78.6 cm³/mol. The second-order valence-corrected chi connectivity index (χ2v) is 5.98. The number of hydrogen-bond donors (Lipinski definition) is 1. The second-order valence-electron chi connectivity index (χ2n) is 5.98. The smallest absolute Gasteiger partial charge is 0.196 e. The summed E-state index contributed by atoms with van der Waals surface area (Å²) in [5, 5.41) is 16.4. The standard InChI is InChI=1S/C15H20N6/c1-20-18-15(17-19-20)14(11-5-3-2-4-6-11)21-10-12-7-8-13(21)9-16-12/h2-6,12-14,16H,7-10H2,1H3. The first-order valence-corrected chi connectivity index (χ1v) is 7.59. The number of rotatable bonds is 3. The van der Waals surface area contributed by atoms with Crippen molar-refractivity contribution in [3.8, 4) is 0 Å². The molecular weight excluding hydrogens is 264 g/mol. The maximum atomic E-state index is 4.48. The third-order valence-electron chi connectivity index (χ3n) is 4.61. The molecule has 0 aliphatic carbocycles. The van der Waals surface area contributed by atoms with Gasteiger partial charge in [0.15, 0.2) is 5.82 Å². The molecule has 3 saturated heterocycles. The Morgan fingerprint density at radius 1 is 1.24 bits per heavy atom. The lowest BCUT2D eigenvalue weighted by molar-refractivity contribution is 0.0466. The van der Waals surface area contributed by atoms with Gasteiger partial charge in [0, 0.05) is 25.2 Å². The molecule has 1 aromatic carbocycles. The van der Waals surface area contributed by atoms with E-state index in [1.807, 2.05) is 7.05 Å². The van der Waals surface area contributed by atoms with Crippen molar-refractivity contribution in [2.24, 2.45) is 7.05 Å². The summed E-state index contributed by atoms with van der Waals surface area (Å²) in [6.07, 6.45) is 2.53. The van der Waals surface area contributed by atoms with Gasteiger partial charge in [-0.3, -0.25) is 4.90 Å². The van der Waals surface area contributed by atoms with Gasteiger partial charge in [0.1, 0.15) is 0 Å². The molecule has 4 heterocycles. The van der Waals surface area contributed by atoms with Gasteiger partial charge in [-0.05, 0) is 23.6 Å². The number of nitrogens with zero attached hydrogens (tertiary/aromatic N) is 5. The van der Waals surface area contributed by atoms with Crippen LogP contribution in [0.3, 0.4) is 0 Å². The molecule has 1 N–H and O–H groups in total. The quantitative estimate of drug-likeness (QED) is 0.900. The van der Waals surface area contributed by atoms with Gasteiger partial charge in [0.25, 0.3) is 0 Å². The van der Waals surface area contributed by atoms with Crippen molar-refractivity contribution in [1.82, 2.24) is 30.4 Å². The predicted octanol–water partition coefficient (Wildman–Crippen LogP) is 0.736. The van der Waals surface area contributed by atoms with Gasteiger partial charge >= 0.3 is 0 Å². The van der Waals surface area contributed by atoms with Gasteiger partial charge in [0.05, 0.1) is 13.1 Å². The van der Waals surface area contributed by atoms with Crippen LogP contribution in [0.2, 0.25) is 0 Å². The number of piperazine rings is 1. The minimum absolute atomic E-state index is 0.106. The Morgan fingerprint density at radius 3 is 2.67 bits per heavy atom. The number of aryl methyl sites for hydroxylation is 1. The second kappa shape index (κ2) is 5.20. The average molecular weight is 284 g/mol. The SMILES string of the molecule is Cn1nnc(C(c2ccccc2)N2CC3CCC2CN3)n1. The molecule has 5 rings (SSSR count). The third-order valence-corrected chi connectivity index (χ3v) is 4.61. The monoisotopic (exact) mass is 284 g/mol. The lowest BCUT2D eigenvalue weighted by atomic mass is 9.89. The molecular formula is C15H20N6. The molecule has 6 nitrogen and oxygen atoms in total. The highest BCUT2D eigenvalue weighted by atomic mass is 15.6. The Bertz CT molecular complexity index is 602. The Kier molecular flexibility index (Phi) is 3.20. The fourth-order valence-electron chi connectivity index (χ4n) is 3.59. The van der Waals surface area contributed by atoms with Crippen LogP contribution < -0.4 is 5.32 Å². The van der Waals surface area contributed by atoms with Crippen LogP contribution in [0, 0.1) is 0 Å². The highest BCUT2D eigenvalue weighted by molar-refractivity contribution is 5.25. The summed E-state index contributed by atoms with van der Waals surface area (Å²) in [6, 6.07) is 11.8. The summed E-state index contributed by atoms with van der Waals surface area (Å²) in [4.78, 5) is 4.10. The summed E-state index contributed by atoms with van der Waals surface area (Å²) < 4.78 is 0. The molecule has 3 unspecified atom stereocenters. The van der Waals surface area contributed by atoms with Crippen molar-refractivity contribution in [2.45, 2.75) is 31.0 Å². The molecule has 21 heavy (non-hydrogen) atoms. The zero-order valence-corrected chi connectivity index (χ0v) is 12.2. The molecule has 0 saturated carbocycles. The highest BCUT2D eigenvalue weighted by Gasteiger charge is 2.39. The zero-order valence-electron chi connectivity index (χ0n) is 12.2. The Labute approximate surface area is 124 Å². The summed E-state index contributed by atoms with van der Waals surface area (Å²) in [5.41, 5.74) is 1.25. The van der Waals surface area contributed by atoms with Crippen LogP contribution in [0.1, 0.15) is 30.3 Å². The van der Waals surface area contributed by atoms with E-state index in [1.54, 1.807) is 4.80 Å². The third kappa shape index (κ3) is 2.34. The summed E-state index contributed by atoms with van der Waals surface area (Å²) in [6.45, 7) is 2.12. The first kappa shape index (κ1) is 12.9. The van der Waals surface area contributed by atoms with E-state index < -0.39 is 0 Å². The topological polar surface area (TPSA) is 58.9 Å². The van der Waals surface area contributed by atoms with E-state index in [9.17, 15) is 0 Å². The molecule has 2 aromatic rings. The van der Waals surface area contributed by atoms with Crippen LogP contribution >= 0.6 is 0 Å². The molecule has 3 atom stereocenters. The van der Waals surface area contributed by atoms with E-state index in [1.165, 1.54) is 18.4 Å². The Hall–Kier alpha value is -1.79. The van der Waals surface area contributed by atoms with Crippen LogP contribution in [0.25, 0.3) is 0 Å². The molecule has 0 spiro atoms. The normalized spacial score (nSPS) is 26.9. The van der Waals surface area contributed by atoms with E-state index in [0.717, 1.165) is 18.9 Å². The molecule has 3 fully saturated rings. The summed E-state index contributed by atoms with van der Waals surface area (Å²) in [7, 11) is 1.82. The Balaban J connectivity index is 1.73. The van der Waals surface area contributed by atoms with Crippen molar-refractivity contribution in [2.75, 3.05) is 13.1 Å². The van der Waals surface area contributed by atoms with Gasteiger partial charge in [0.2, 0.25) is 0 Å². The van der Waals surface area contributed by atoms with E-state index in [-0.39, 0.29) is 6.04 Å². The number of fused-ring (bicyclic) bond motifs is 3. The maximum absolute atomic E-state index is 4.48. The minimum Gasteiger partial charge on any atom is -0.311 e. The largest absolute Gasteiger partial charge is 0.311 e. The van der Waals surface area contributed by atoms with Crippen molar-refractivity contribution in [1.29, 1.82) is 0 Å². The van der Waals surface area contributed by atoms with Crippen molar-refractivity contribution in [3.63, 3.8) is 0 Å². The molecule has 0 radical (unpaired) electrons. The van der Waals surface area contributed by atoms with Gasteiger partial charge in [-0.15, -0.1) is 10.2 Å². The van der Waals surface area contributed by atoms with Crippen molar-refractivity contribution < 1.29 is 0 Å². The van der Waals surface area contributed by atoms with Crippen LogP contribution in [0.15, 0.2) is 30.3 Å². The first-order valence-electron chi connectivity index (χ1n) is 7.59. The minimum atomic E-state index is 0.106. The maximum Gasteiger partial charge on any atom is 0.196 e. The van der Waals surface area contributed by atoms with Crippen LogP contribution in [-0.4, -0.2) is 50.3 Å². The van der Waals surface area contributed by atoms with Crippen LogP contribution in [0.5, 0.6) is 0 Å². The van der Waals surface area contributed by atoms with Crippen LogP contribution in [-0.2, 0) is 7.05 Å². The number of aromatic nitrogens is 4. The first-order chi connectivity index (χ1) is 10.3. The van der Waals surface area contributed by atoms with Gasteiger partial charge < -0.3 is 5.32 Å². The Morgan fingerprint density at radius 2 is 2.10 bits per heavy atom. The number of tetrazole rings is 1. The van der Waals surface area contributed by atoms with Gasteiger partial charge in [-0.1, -0.05) is 30.3 Å². The average Bonchev–Trinajstić information content (AvgIpc) is 2.96. The number of benzene rings is 1. The molecule has 1 aromatic heterocycles. The van der Waals surface area contributed by atoms with Gasteiger partial charge in [-0.25, -0.2) is 0 Å². The van der Waals surface area contributed by atoms with Crippen molar-refractivity contribution in [3.05, 3.63) is 41.7 Å². The molecule has 6 heteroatoms. The van der Waals surface area contributed by atoms with E-state index in [2.05, 4.69) is 56.0 Å². The lowest BCUT2D eigenvalue weighted by Crippen LogP contribution is -2.61. The van der Waals surface area contributed by atoms with Gasteiger partial charge in [-0.2, -0.15) is 4.80 Å². The fourth-order valence-corrected chi connectivity index (χ4v) is 3.59. The number of hydrogen-bond acceptors (Lipinski definition) is 5. The van der Waals surface area contributed by atoms with Crippen molar-refractivity contribution >= 4 is 0 Å². The highest BCUT2D eigenvalue weighted by Crippen LogP contribution is 2.34. The van der Waals surface area contributed by atoms with E-state index in [0.29, 0.717) is 12.1 Å². The zero-order chi connectivity index (χ0) is 14.2. The molecule has 2 bridgehead atoms. The fraction of sp³-hybridized carbons (Fsp3) is 0.533. The number of nitrogens with one attached hydrogen (secondary N) is 1. The molecule has 0 amide bonds. The lowest BCUT2D eigenvalue weighted by Gasteiger charge is -2.48.